The first kappa shape index (κ1) is 12.3. The SMILES string of the molecule is Cc1cc(NCC(N)C2CC2)nc(C(C)C)n1. The Labute approximate surface area is 103 Å². The second-order valence-corrected chi connectivity index (χ2v) is 5.29. The fraction of sp³-hybridized carbons (Fsp3) is 0.692. The average molecular weight is 234 g/mol. The smallest absolute Gasteiger partial charge is 0.133 e. The van der Waals surface area contributed by atoms with E-state index in [0.717, 1.165) is 29.8 Å². The highest BCUT2D eigenvalue weighted by atomic mass is 15.0. The maximum absolute atomic E-state index is 6.06. The van der Waals surface area contributed by atoms with Crippen LogP contribution in [0.5, 0.6) is 0 Å². The molecule has 1 fully saturated rings. The molecule has 0 aliphatic heterocycles. The Morgan fingerprint density at radius 1 is 1.41 bits per heavy atom. The third kappa shape index (κ3) is 3.40. The summed E-state index contributed by atoms with van der Waals surface area (Å²) >= 11 is 0. The van der Waals surface area contributed by atoms with E-state index < -0.39 is 0 Å². The lowest BCUT2D eigenvalue weighted by Gasteiger charge is -2.14. The van der Waals surface area contributed by atoms with Crippen molar-refractivity contribution in [2.24, 2.45) is 11.7 Å². The van der Waals surface area contributed by atoms with Gasteiger partial charge in [-0.05, 0) is 25.7 Å². The summed E-state index contributed by atoms with van der Waals surface area (Å²) in [6.07, 6.45) is 2.56. The molecule has 1 saturated carbocycles. The van der Waals surface area contributed by atoms with E-state index in [1.165, 1.54) is 12.8 Å². The molecule has 0 amide bonds. The molecule has 0 radical (unpaired) electrons. The quantitative estimate of drug-likeness (QED) is 0.818. The van der Waals surface area contributed by atoms with Crippen molar-refractivity contribution in [3.63, 3.8) is 0 Å². The van der Waals surface area contributed by atoms with Crippen LogP contribution in [0.1, 0.15) is 44.1 Å². The molecule has 1 atom stereocenters. The topological polar surface area (TPSA) is 63.8 Å². The van der Waals surface area contributed by atoms with Crippen molar-refractivity contribution in [3.05, 3.63) is 17.6 Å². The van der Waals surface area contributed by atoms with Gasteiger partial charge in [0, 0.05) is 30.3 Å². The summed E-state index contributed by atoms with van der Waals surface area (Å²) in [5.74, 6) is 2.87. The molecule has 1 aliphatic carbocycles. The molecule has 0 aromatic carbocycles. The highest BCUT2D eigenvalue weighted by Crippen LogP contribution is 2.31. The summed E-state index contributed by atoms with van der Waals surface area (Å²) in [6, 6.07) is 2.23. The first-order valence-electron chi connectivity index (χ1n) is 6.41. The summed E-state index contributed by atoms with van der Waals surface area (Å²) < 4.78 is 0. The molecule has 0 bridgehead atoms. The monoisotopic (exact) mass is 234 g/mol. The molecular formula is C13H22N4. The van der Waals surface area contributed by atoms with Gasteiger partial charge in [0.2, 0.25) is 0 Å². The van der Waals surface area contributed by atoms with Crippen LogP contribution < -0.4 is 11.1 Å². The van der Waals surface area contributed by atoms with E-state index in [1.807, 2.05) is 13.0 Å². The molecule has 0 saturated heterocycles. The van der Waals surface area contributed by atoms with Gasteiger partial charge in [-0.15, -0.1) is 0 Å². The van der Waals surface area contributed by atoms with Crippen LogP contribution in [0.3, 0.4) is 0 Å². The molecule has 94 valence electrons. The van der Waals surface area contributed by atoms with Gasteiger partial charge in [0.1, 0.15) is 11.6 Å². The van der Waals surface area contributed by atoms with Gasteiger partial charge in [-0.1, -0.05) is 13.8 Å². The normalized spacial score (nSPS) is 17.2. The Hall–Kier alpha value is -1.16. The van der Waals surface area contributed by atoms with Gasteiger partial charge >= 0.3 is 0 Å². The maximum Gasteiger partial charge on any atom is 0.133 e. The van der Waals surface area contributed by atoms with E-state index in [0.29, 0.717) is 5.92 Å². The summed E-state index contributed by atoms with van der Waals surface area (Å²) in [7, 11) is 0. The van der Waals surface area contributed by atoms with Crippen molar-refractivity contribution in [2.45, 2.75) is 45.6 Å². The van der Waals surface area contributed by atoms with Gasteiger partial charge in [-0.2, -0.15) is 0 Å². The lowest BCUT2D eigenvalue weighted by Crippen LogP contribution is -2.31. The predicted molar refractivity (Wildman–Crippen MR) is 70.0 cm³/mol. The number of aromatic nitrogens is 2. The van der Waals surface area contributed by atoms with Gasteiger partial charge in [-0.25, -0.2) is 9.97 Å². The Morgan fingerprint density at radius 3 is 2.71 bits per heavy atom. The highest BCUT2D eigenvalue weighted by Gasteiger charge is 2.28. The van der Waals surface area contributed by atoms with Crippen molar-refractivity contribution in [2.75, 3.05) is 11.9 Å². The summed E-state index contributed by atoms with van der Waals surface area (Å²) in [5.41, 5.74) is 7.06. The van der Waals surface area contributed by atoms with E-state index in [4.69, 9.17) is 5.73 Å². The van der Waals surface area contributed by atoms with Crippen LogP contribution in [0.2, 0.25) is 0 Å². The molecule has 1 aromatic rings. The van der Waals surface area contributed by atoms with Crippen LogP contribution in [0.25, 0.3) is 0 Å². The van der Waals surface area contributed by atoms with Crippen LogP contribution in [-0.4, -0.2) is 22.6 Å². The molecule has 4 heteroatoms. The molecule has 1 aliphatic rings. The number of anilines is 1. The number of hydrogen-bond donors (Lipinski definition) is 2. The number of nitrogens with two attached hydrogens (primary N) is 1. The molecule has 4 nitrogen and oxygen atoms in total. The third-order valence-electron chi connectivity index (χ3n) is 3.13. The van der Waals surface area contributed by atoms with E-state index in [2.05, 4.69) is 29.1 Å². The van der Waals surface area contributed by atoms with Crippen molar-refractivity contribution in [1.82, 2.24) is 9.97 Å². The minimum Gasteiger partial charge on any atom is -0.368 e. The van der Waals surface area contributed by atoms with Crippen LogP contribution in [0.4, 0.5) is 5.82 Å². The molecule has 1 aromatic heterocycles. The molecule has 17 heavy (non-hydrogen) atoms. The predicted octanol–water partition coefficient (Wildman–Crippen LogP) is 2.06. The number of rotatable bonds is 5. The van der Waals surface area contributed by atoms with Crippen molar-refractivity contribution >= 4 is 5.82 Å². The summed E-state index contributed by atoms with van der Waals surface area (Å²) in [6.45, 7) is 7.02. The fourth-order valence-electron chi connectivity index (χ4n) is 1.85. The van der Waals surface area contributed by atoms with Crippen molar-refractivity contribution in [1.29, 1.82) is 0 Å². The fourth-order valence-corrected chi connectivity index (χ4v) is 1.85. The largest absolute Gasteiger partial charge is 0.368 e. The maximum atomic E-state index is 6.06. The average Bonchev–Trinajstić information content (AvgIpc) is 3.08. The van der Waals surface area contributed by atoms with E-state index in [-0.39, 0.29) is 6.04 Å². The van der Waals surface area contributed by atoms with E-state index >= 15 is 0 Å². The first-order valence-corrected chi connectivity index (χ1v) is 6.41. The zero-order valence-corrected chi connectivity index (χ0v) is 10.9. The first-order chi connectivity index (χ1) is 8.06. The minimum absolute atomic E-state index is 0.257. The lowest BCUT2D eigenvalue weighted by molar-refractivity contribution is 0.619. The second kappa shape index (κ2) is 5.00. The van der Waals surface area contributed by atoms with Gasteiger partial charge in [0.05, 0.1) is 0 Å². The zero-order valence-electron chi connectivity index (χ0n) is 10.9. The minimum atomic E-state index is 0.257. The zero-order chi connectivity index (χ0) is 12.4. The number of nitrogens with one attached hydrogen (secondary N) is 1. The molecular weight excluding hydrogens is 212 g/mol. The Morgan fingerprint density at radius 2 is 2.12 bits per heavy atom. The van der Waals surface area contributed by atoms with Gasteiger partial charge in [0.25, 0.3) is 0 Å². The number of nitrogens with zero attached hydrogens (tertiary/aromatic N) is 2. The Balaban J connectivity index is 1.99. The van der Waals surface area contributed by atoms with E-state index in [9.17, 15) is 0 Å². The molecule has 2 rings (SSSR count). The highest BCUT2D eigenvalue weighted by molar-refractivity contribution is 5.36. The van der Waals surface area contributed by atoms with Gasteiger partial charge in [0.15, 0.2) is 0 Å². The van der Waals surface area contributed by atoms with Crippen molar-refractivity contribution in [3.8, 4) is 0 Å². The molecule has 1 heterocycles. The van der Waals surface area contributed by atoms with Crippen LogP contribution in [-0.2, 0) is 0 Å². The lowest BCUT2D eigenvalue weighted by atomic mass is 10.2. The Bertz CT molecular complexity index is 385. The third-order valence-corrected chi connectivity index (χ3v) is 3.13. The van der Waals surface area contributed by atoms with Crippen LogP contribution >= 0.6 is 0 Å². The standard InChI is InChI=1S/C13H22N4/c1-8(2)13-16-9(3)6-12(17-13)15-7-11(14)10-4-5-10/h6,8,10-11H,4-5,7,14H2,1-3H3,(H,15,16,17). The van der Waals surface area contributed by atoms with Crippen LogP contribution in [0.15, 0.2) is 6.07 Å². The number of hydrogen-bond acceptors (Lipinski definition) is 4. The van der Waals surface area contributed by atoms with E-state index in [1.54, 1.807) is 0 Å². The molecule has 0 spiro atoms. The Kier molecular flexibility index (Phi) is 3.62. The van der Waals surface area contributed by atoms with Gasteiger partial charge in [-0.3, -0.25) is 0 Å². The summed E-state index contributed by atoms with van der Waals surface area (Å²) in [5, 5.41) is 3.33. The van der Waals surface area contributed by atoms with Crippen LogP contribution in [0, 0.1) is 12.8 Å². The molecule has 1 unspecified atom stereocenters. The van der Waals surface area contributed by atoms with Crippen molar-refractivity contribution < 1.29 is 0 Å². The summed E-state index contributed by atoms with van der Waals surface area (Å²) in [4.78, 5) is 8.93. The van der Waals surface area contributed by atoms with Gasteiger partial charge < -0.3 is 11.1 Å². The second-order valence-electron chi connectivity index (χ2n) is 5.29. The molecule has 3 N–H and O–H groups in total. The number of aryl methyl sites for hydroxylation is 1.